The van der Waals surface area contributed by atoms with Gasteiger partial charge >= 0.3 is 6.03 Å². The first-order valence-corrected chi connectivity index (χ1v) is 7.56. The number of carbonyl (C=O) groups excluding carboxylic acids is 1. The lowest BCUT2D eigenvalue weighted by molar-refractivity contribution is 0.123. The highest BCUT2D eigenvalue weighted by atomic mass is 16.5. The molecule has 5 heteroatoms. The van der Waals surface area contributed by atoms with Gasteiger partial charge in [0.25, 0.3) is 0 Å². The van der Waals surface area contributed by atoms with Crippen LogP contribution in [0.4, 0.5) is 4.79 Å². The van der Waals surface area contributed by atoms with Gasteiger partial charge in [-0.15, -0.1) is 0 Å². The zero-order valence-corrected chi connectivity index (χ0v) is 12.1. The predicted molar refractivity (Wildman–Crippen MR) is 75.3 cm³/mol. The summed E-state index contributed by atoms with van der Waals surface area (Å²) < 4.78 is 5.07. The monoisotopic (exact) mass is 269 g/mol. The molecule has 110 valence electrons. The first kappa shape index (κ1) is 14.6. The molecular formula is C14H27N3O2. The van der Waals surface area contributed by atoms with Crippen molar-refractivity contribution in [1.82, 2.24) is 15.1 Å². The number of nitrogens with one attached hydrogen (secondary N) is 1. The summed E-state index contributed by atoms with van der Waals surface area (Å²) in [7, 11) is 1.74. The van der Waals surface area contributed by atoms with E-state index in [4.69, 9.17) is 4.74 Å². The van der Waals surface area contributed by atoms with Crippen LogP contribution in [-0.2, 0) is 4.74 Å². The molecule has 0 atom stereocenters. The van der Waals surface area contributed by atoms with Gasteiger partial charge in [0.15, 0.2) is 0 Å². The molecule has 1 aliphatic heterocycles. The summed E-state index contributed by atoms with van der Waals surface area (Å²) in [5.41, 5.74) is 0. The van der Waals surface area contributed by atoms with Gasteiger partial charge in [-0.3, -0.25) is 4.90 Å². The number of carbonyl (C=O) groups is 1. The normalized spacial score (nSPS) is 21.8. The van der Waals surface area contributed by atoms with Crippen molar-refractivity contribution in [2.45, 2.75) is 38.1 Å². The van der Waals surface area contributed by atoms with Crippen LogP contribution < -0.4 is 5.32 Å². The Morgan fingerprint density at radius 2 is 1.89 bits per heavy atom. The Bertz CT molecular complexity index is 272. The maximum atomic E-state index is 12.1. The number of hydrogen-bond donors (Lipinski definition) is 1. The lowest BCUT2D eigenvalue weighted by atomic mass is 10.2. The zero-order valence-electron chi connectivity index (χ0n) is 12.1. The fourth-order valence-electron chi connectivity index (χ4n) is 2.94. The molecule has 0 aromatic carbocycles. The van der Waals surface area contributed by atoms with E-state index in [0.717, 1.165) is 58.6 Å². The number of urea groups is 1. The molecule has 19 heavy (non-hydrogen) atoms. The van der Waals surface area contributed by atoms with Gasteiger partial charge in [-0.25, -0.2) is 4.79 Å². The van der Waals surface area contributed by atoms with Crippen LogP contribution in [0.15, 0.2) is 0 Å². The fraction of sp³-hybridized carbons (Fsp3) is 0.929. The molecule has 0 unspecified atom stereocenters. The highest BCUT2D eigenvalue weighted by Gasteiger charge is 2.23. The van der Waals surface area contributed by atoms with E-state index in [2.05, 4.69) is 10.2 Å². The summed E-state index contributed by atoms with van der Waals surface area (Å²) in [4.78, 5) is 16.5. The van der Waals surface area contributed by atoms with Crippen LogP contribution in [0.2, 0.25) is 0 Å². The Hall–Kier alpha value is -0.810. The maximum absolute atomic E-state index is 12.1. The van der Waals surface area contributed by atoms with Gasteiger partial charge in [-0.1, -0.05) is 12.8 Å². The third-order valence-corrected chi connectivity index (χ3v) is 4.17. The van der Waals surface area contributed by atoms with Gasteiger partial charge in [-0.05, 0) is 19.3 Å². The van der Waals surface area contributed by atoms with E-state index in [0.29, 0.717) is 6.04 Å². The molecule has 1 heterocycles. The van der Waals surface area contributed by atoms with Crippen molar-refractivity contribution in [1.29, 1.82) is 0 Å². The van der Waals surface area contributed by atoms with Crippen molar-refractivity contribution in [3.8, 4) is 0 Å². The van der Waals surface area contributed by atoms with E-state index in [-0.39, 0.29) is 6.03 Å². The molecule has 0 aromatic heterocycles. The largest absolute Gasteiger partial charge is 0.385 e. The van der Waals surface area contributed by atoms with E-state index in [1.165, 1.54) is 12.8 Å². The summed E-state index contributed by atoms with van der Waals surface area (Å²) in [6, 6.07) is 0.565. The molecule has 1 saturated heterocycles. The van der Waals surface area contributed by atoms with Gasteiger partial charge < -0.3 is 15.0 Å². The Labute approximate surface area is 116 Å². The molecule has 0 radical (unpaired) electrons. The van der Waals surface area contributed by atoms with Crippen LogP contribution in [0, 0.1) is 0 Å². The number of methoxy groups -OCH3 is 1. The second kappa shape index (κ2) is 7.70. The number of piperazine rings is 1. The number of ether oxygens (including phenoxy) is 1. The SMILES string of the molecule is COCCCN1CCN(C(=O)NC2CCCC2)CC1. The van der Waals surface area contributed by atoms with Crippen molar-refractivity contribution in [2.24, 2.45) is 0 Å². The number of nitrogens with zero attached hydrogens (tertiary/aromatic N) is 2. The van der Waals surface area contributed by atoms with E-state index in [1.807, 2.05) is 4.90 Å². The smallest absolute Gasteiger partial charge is 0.317 e. The second-order valence-electron chi connectivity index (χ2n) is 5.61. The molecule has 2 rings (SSSR count). The molecule has 2 aliphatic rings. The highest BCUT2D eigenvalue weighted by molar-refractivity contribution is 5.74. The van der Waals surface area contributed by atoms with Crippen LogP contribution in [0.3, 0.4) is 0 Å². The van der Waals surface area contributed by atoms with E-state index >= 15 is 0 Å². The van der Waals surface area contributed by atoms with Crippen LogP contribution in [-0.4, -0.2) is 68.3 Å². The lowest BCUT2D eigenvalue weighted by Crippen LogP contribution is -2.53. The minimum atomic E-state index is 0.142. The minimum Gasteiger partial charge on any atom is -0.385 e. The van der Waals surface area contributed by atoms with E-state index in [9.17, 15) is 4.79 Å². The molecule has 2 fully saturated rings. The Morgan fingerprint density at radius 3 is 2.53 bits per heavy atom. The Kier molecular flexibility index (Phi) is 5.92. The van der Waals surface area contributed by atoms with Crippen LogP contribution >= 0.6 is 0 Å². The van der Waals surface area contributed by atoms with Gasteiger partial charge in [0.05, 0.1) is 0 Å². The zero-order chi connectivity index (χ0) is 13.5. The summed E-state index contributed by atoms with van der Waals surface area (Å²) in [5.74, 6) is 0. The van der Waals surface area contributed by atoms with Gasteiger partial charge in [0.2, 0.25) is 0 Å². The van der Waals surface area contributed by atoms with Crippen molar-refractivity contribution < 1.29 is 9.53 Å². The van der Waals surface area contributed by atoms with Crippen molar-refractivity contribution in [3.63, 3.8) is 0 Å². The number of hydrogen-bond acceptors (Lipinski definition) is 3. The molecule has 0 bridgehead atoms. The average molecular weight is 269 g/mol. The van der Waals surface area contributed by atoms with E-state index in [1.54, 1.807) is 7.11 Å². The Balaban J connectivity index is 1.63. The minimum absolute atomic E-state index is 0.142. The predicted octanol–water partition coefficient (Wildman–Crippen LogP) is 1.29. The van der Waals surface area contributed by atoms with Crippen LogP contribution in [0.1, 0.15) is 32.1 Å². The average Bonchev–Trinajstić information content (AvgIpc) is 2.93. The van der Waals surface area contributed by atoms with Gasteiger partial charge in [0, 0.05) is 52.5 Å². The first-order chi connectivity index (χ1) is 9.29. The van der Waals surface area contributed by atoms with Crippen LogP contribution in [0.5, 0.6) is 0 Å². The molecule has 5 nitrogen and oxygen atoms in total. The first-order valence-electron chi connectivity index (χ1n) is 7.56. The Morgan fingerprint density at radius 1 is 1.21 bits per heavy atom. The molecule has 0 spiro atoms. The molecule has 1 aliphatic carbocycles. The topological polar surface area (TPSA) is 44.8 Å². The molecule has 1 N–H and O–H groups in total. The molecule has 1 saturated carbocycles. The highest BCUT2D eigenvalue weighted by Crippen LogP contribution is 2.18. The molecule has 2 amide bonds. The van der Waals surface area contributed by atoms with Crippen molar-refractivity contribution in [2.75, 3.05) is 46.4 Å². The third kappa shape index (κ3) is 4.66. The van der Waals surface area contributed by atoms with Crippen molar-refractivity contribution in [3.05, 3.63) is 0 Å². The van der Waals surface area contributed by atoms with Crippen molar-refractivity contribution >= 4 is 6.03 Å². The molecule has 0 aromatic rings. The summed E-state index contributed by atoms with van der Waals surface area (Å²) >= 11 is 0. The molecular weight excluding hydrogens is 242 g/mol. The quantitative estimate of drug-likeness (QED) is 0.765. The fourth-order valence-corrected chi connectivity index (χ4v) is 2.94. The second-order valence-corrected chi connectivity index (χ2v) is 5.61. The summed E-state index contributed by atoms with van der Waals surface area (Å²) in [6.45, 7) is 5.58. The summed E-state index contributed by atoms with van der Waals surface area (Å²) in [5, 5.41) is 3.16. The van der Waals surface area contributed by atoms with Crippen LogP contribution in [0.25, 0.3) is 0 Å². The number of rotatable bonds is 5. The number of amides is 2. The van der Waals surface area contributed by atoms with E-state index < -0.39 is 0 Å². The van der Waals surface area contributed by atoms with Gasteiger partial charge in [0.1, 0.15) is 0 Å². The maximum Gasteiger partial charge on any atom is 0.317 e. The lowest BCUT2D eigenvalue weighted by Gasteiger charge is -2.35. The van der Waals surface area contributed by atoms with Gasteiger partial charge in [-0.2, -0.15) is 0 Å². The standard InChI is InChI=1S/C14H27N3O2/c1-19-12-4-7-16-8-10-17(11-9-16)14(18)15-13-5-2-3-6-13/h13H,2-12H2,1H3,(H,15,18). The third-order valence-electron chi connectivity index (χ3n) is 4.17. The summed E-state index contributed by atoms with van der Waals surface area (Å²) in [6.07, 6.45) is 5.91.